The fourth-order valence-corrected chi connectivity index (χ4v) is 3.24. The predicted molar refractivity (Wildman–Crippen MR) is 46.9 cm³/mol. The number of ketones is 1. The fraction of sp³-hybridized carbons (Fsp3) is 0.875. The van der Waals surface area contributed by atoms with Gasteiger partial charge in [-0.2, -0.15) is 11.8 Å². The summed E-state index contributed by atoms with van der Waals surface area (Å²) in [5, 5.41) is 0. The molecule has 2 saturated heterocycles. The van der Waals surface area contributed by atoms with Crippen LogP contribution in [0.4, 0.5) is 0 Å². The maximum atomic E-state index is 11.5. The van der Waals surface area contributed by atoms with Crippen LogP contribution in [0.3, 0.4) is 0 Å². The van der Waals surface area contributed by atoms with Crippen molar-refractivity contribution in [3.8, 4) is 0 Å². The number of rotatable bonds is 0. The van der Waals surface area contributed by atoms with Crippen LogP contribution in [0.5, 0.6) is 0 Å². The molecule has 0 aromatic carbocycles. The Kier molecular flexibility index (Phi) is 1.72. The van der Waals surface area contributed by atoms with Gasteiger partial charge in [-0.05, 0) is 7.05 Å². The molecule has 0 atom stereocenters. The molecule has 0 saturated carbocycles. The normalized spacial score (nSPS) is 30.5. The summed E-state index contributed by atoms with van der Waals surface area (Å²) in [6, 6.07) is 0. The summed E-state index contributed by atoms with van der Waals surface area (Å²) in [7, 11) is 2.08. The maximum Gasteiger partial charge on any atom is 0.143 e. The van der Waals surface area contributed by atoms with E-state index >= 15 is 0 Å². The molecular formula is C8H13NOS. The quantitative estimate of drug-likeness (QED) is 0.533. The molecule has 0 aliphatic carbocycles. The Labute approximate surface area is 71.3 Å². The van der Waals surface area contributed by atoms with Gasteiger partial charge in [0.05, 0.1) is 5.41 Å². The van der Waals surface area contributed by atoms with Crippen LogP contribution in [-0.2, 0) is 4.79 Å². The minimum Gasteiger partial charge on any atom is -0.304 e. The lowest BCUT2D eigenvalue weighted by Crippen LogP contribution is -2.61. The Morgan fingerprint density at radius 2 is 2.27 bits per heavy atom. The molecule has 2 nitrogen and oxygen atoms in total. The van der Waals surface area contributed by atoms with Gasteiger partial charge in [0.2, 0.25) is 0 Å². The lowest BCUT2D eigenvalue weighted by molar-refractivity contribution is -0.135. The van der Waals surface area contributed by atoms with E-state index in [2.05, 4.69) is 11.9 Å². The number of hydrogen-bond donors (Lipinski definition) is 0. The van der Waals surface area contributed by atoms with Gasteiger partial charge in [-0.3, -0.25) is 4.79 Å². The summed E-state index contributed by atoms with van der Waals surface area (Å²) in [6.07, 6.45) is 0.804. The molecule has 62 valence electrons. The first-order valence-electron chi connectivity index (χ1n) is 4.03. The number of thioether (sulfide) groups is 1. The third-order valence-corrected chi connectivity index (χ3v) is 3.84. The van der Waals surface area contributed by atoms with E-state index in [1.54, 1.807) is 0 Å². The van der Waals surface area contributed by atoms with Crippen LogP contribution in [-0.4, -0.2) is 42.3 Å². The molecule has 1 spiro atoms. The predicted octanol–water partition coefficient (Wildman–Crippen LogP) is 0.624. The van der Waals surface area contributed by atoms with Crippen molar-refractivity contribution in [1.29, 1.82) is 0 Å². The fourth-order valence-electron chi connectivity index (χ4n) is 2.03. The maximum absolute atomic E-state index is 11.5. The zero-order valence-electron chi connectivity index (χ0n) is 6.80. The molecule has 0 radical (unpaired) electrons. The van der Waals surface area contributed by atoms with E-state index in [9.17, 15) is 4.79 Å². The molecule has 11 heavy (non-hydrogen) atoms. The summed E-state index contributed by atoms with van der Waals surface area (Å²) >= 11 is 1.94. The lowest BCUT2D eigenvalue weighted by Gasteiger charge is -2.49. The standard InChI is InChI=1S/C8H13NOS/c1-9-4-8(5-9)6-11-3-2-7(8)10/h2-6H2,1H3. The van der Waals surface area contributed by atoms with Crippen LogP contribution in [0.1, 0.15) is 6.42 Å². The highest BCUT2D eigenvalue weighted by molar-refractivity contribution is 7.99. The highest BCUT2D eigenvalue weighted by Crippen LogP contribution is 2.38. The summed E-state index contributed by atoms with van der Waals surface area (Å²) in [5.74, 6) is 2.62. The molecule has 3 heteroatoms. The number of likely N-dealkylation sites (tertiary alicyclic amines) is 1. The summed E-state index contributed by atoms with van der Waals surface area (Å²) in [5.41, 5.74) is 0.0810. The Balaban J connectivity index is 2.06. The molecule has 0 aromatic rings. The molecule has 2 aliphatic heterocycles. The van der Waals surface area contributed by atoms with Crippen LogP contribution in [0.15, 0.2) is 0 Å². The molecule has 2 fully saturated rings. The van der Waals surface area contributed by atoms with Crippen molar-refractivity contribution >= 4 is 17.5 Å². The van der Waals surface area contributed by atoms with E-state index in [-0.39, 0.29) is 5.41 Å². The number of carbonyl (C=O) groups excluding carboxylic acids is 1. The Morgan fingerprint density at radius 1 is 1.55 bits per heavy atom. The topological polar surface area (TPSA) is 20.3 Å². The highest BCUT2D eigenvalue weighted by Gasteiger charge is 2.48. The van der Waals surface area contributed by atoms with E-state index in [1.165, 1.54) is 0 Å². The first-order valence-corrected chi connectivity index (χ1v) is 5.18. The molecule has 0 aromatic heterocycles. The summed E-state index contributed by atoms with van der Waals surface area (Å²) in [4.78, 5) is 13.7. The van der Waals surface area contributed by atoms with E-state index < -0.39 is 0 Å². The van der Waals surface area contributed by atoms with E-state index in [4.69, 9.17) is 0 Å². The smallest absolute Gasteiger partial charge is 0.143 e. The zero-order chi connectivity index (χ0) is 7.90. The third-order valence-electron chi connectivity index (χ3n) is 2.59. The minimum absolute atomic E-state index is 0.0810. The molecule has 2 rings (SSSR count). The molecule has 0 N–H and O–H groups in total. The van der Waals surface area contributed by atoms with Crippen LogP contribution in [0, 0.1) is 5.41 Å². The van der Waals surface area contributed by atoms with Crippen LogP contribution >= 0.6 is 11.8 Å². The van der Waals surface area contributed by atoms with Crippen molar-refractivity contribution < 1.29 is 4.79 Å². The van der Waals surface area contributed by atoms with Crippen LogP contribution in [0.2, 0.25) is 0 Å². The number of hydrogen-bond acceptors (Lipinski definition) is 3. The Bertz CT molecular complexity index is 181. The van der Waals surface area contributed by atoms with E-state index in [0.29, 0.717) is 5.78 Å². The van der Waals surface area contributed by atoms with Crippen molar-refractivity contribution in [1.82, 2.24) is 4.90 Å². The van der Waals surface area contributed by atoms with Gasteiger partial charge in [0, 0.05) is 31.0 Å². The van der Waals surface area contributed by atoms with Gasteiger partial charge in [-0.1, -0.05) is 0 Å². The lowest BCUT2D eigenvalue weighted by atomic mass is 9.77. The van der Waals surface area contributed by atoms with Crippen molar-refractivity contribution in [3.63, 3.8) is 0 Å². The first-order chi connectivity index (χ1) is 5.23. The molecule has 0 bridgehead atoms. The Morgan fingerprint density at radius 3 is 2.82 bits per heavy atom. The van der Waals surface area contributed by atoms with Crippen LogP contribution < -0.4 is 0 Å². The van der Waals surface area contributed by atoms with Gasteiger partial charge < -0.3 is 4.90 Å². The molecular weight excluding hydrogens is 158 g/mol. The summed E-state index contributed by atoms with van der Waals surface area (Å²) < 4.78 is 0. The average molecular weight is 171 g/mol. The summed E-state index contributed by atoms with van der Waals surface area (Å²) in [6.45, 7) is 2.00. The molecule has 0 unspecified atom stereocenters. The Hall–Kier alpha value is -0.0200. The highest BCUT2D eigenvalue weighted by atomic mass is 32.2. The largest absolute Gasteiger partial charge is 0.304 e. The van der Waals surface area contributed by atoms with Gasteiger partial charge in [-0.15, -0.1) is 0 Å². The minimum atomic E-state index is 0.0810. The van der Waals surface area contributed by atoms with Gasteiger partial charge in [0.1, 0.15) is 5.78 Å². The van der Waals surface area contributed by atoms with Gasteiger partial charge >= 0.3 is 0 Å². The van der Waals surface area contributed by atoms with E-state index in [0.717, 1.165) is 31.0 Å². The van der Waals surface area contributed by atoms with E-state index in [1.807, 2.05) is 11.8 Å². The second-order valence-corrected chi connectivity index (χ2v) is 4.78. The monoisotopic (exact) mass is 171 g/mol. The SMILES string of the molecule is CN1CC2(CSCCC2=O)C1. The van der Waals surface area contributed by atoms with Gasteiger partial charge in [0.15, 0.2) is 0 Å². The van der Waals surface area contributed by atoms with Gasteiger partial charge in [0.25, 0.3) is 0 Å². The number of nitrogens with zero attached hydrogens (tertiary/aromatic N) is 1. The average Bonchev–Trinajstić information content (AvgIpc) is 1.92. The molecule has 0 amide bonds. The van der Waals surface area contributed by atoms with Crippen molar-refractivity contribution in [2.45, 2.75) is 6.42 Å². The third kappa shape index (κ3) is 1.11. The van der Waals surface area contributed by atoms with Crippen molar-refractivity contribution in [2.75, 3.05) is 31.6 Å². The zero-order valence-corrected chi connectivity index (χ0v) is 7.62. The second kappa shape index (κ2) is 2.49. The second-order valence-electron chi connectivity index (χ2n) is 3.68. The number of carbonyl (C=O) groups is 1. The van der Waals surface area contributed by atoms with Crippen molar-refractivity contribution in [3.05, 3.63) is 0 Å². The molecule has 2 aliphatic rings. The molecule has 2 heterocycles. The first kappa shape index (κ1) is 7.62. The van der Waals surface area contributed by atoms with Crippen molar-refractivity contribution in [2.24, 2.45) is 5.41 Å². The van der Waals surface area contributed by atoms with Crippen LogP contribution in [0.25, 0.3) is 0 Å². The number of Topliss-reactive ketones (excluding diaryl/α,β-unsaturated/α-hetero) is 1. The van der Waals surface area contributed by atoms with Gasteiger partial charge in [-0.25, -0.2) is 0 Å².